The summed E-state index contributed by atoms with van der Waals surface area (Å²) in [6.07, 6.45) is 0. The predicted molar refractivity (Wildman–Crippen MR) is 50.5 cm³/mol. The molecular weight excluding hydrogens is 222 g/mol. The highest BCUT2D eigenvalue weighted by molar-refractivity contribution is 9.10. The second-order valence-corrected chi connectivity index (χ2v) is 2.95. The fourth-order valence-electron chi connectivity index (χ4n) is 0.692. The average Bonchev–Trinajstić information content (AvgIpc) is 2.03. The molecule has 0 aliphatic rings. The molecule has 0 radical (unpaired) electrons. The Morgan fingerprint density at radius 3 is 2.67 bits per heavy atom. The van der Waals surface area contributed by atoms with Crippen molar-refractivity contribution in [1.29, 1.82) is 0 Å². The van der Waals surface area contributed by atoms with Crippen LogP contribution in [0.4, 0.5) is 10.5 Å². The van der Waals surface area contributed by atoms with Crippen LogP contribution >= 0.6 is 15.9 Å². The molecule has 0 aliphatic heterocycles. The number of urea groups is 1. The van der Waals surface area contributed by atoms with Gasteiger partial charge in [-0.25, -0.2) is 4.79 Å². The number of carbonyl (C=O) groups excluding carboxylic acids is 1. The molecule has 0 aliphatic carbocycles. The van der Waals surface area contributed by atoms with E-state index >= 15 is 0 Å². The second kappa shape index (κ2) is 3.96. The molecule has 64 valence electrons. The Bertz CT molecular complexity index is 290. The maximum atomic E-state index is 10.3. The van der Waals surface area contributed by atoms with E-state index in [1.165, 1.54) is 0 Å². The van der Waals surface area contributed by atoms with Crippen molar-refractivity contribution < 1.29 is 4.79 Å². The van der Waals surface area contributed by atoms with Crippen molar-refractivity contribution in [3.63, 3.8) is 0 Å². The van der Waals surface area contributed by atoms with E-state index in [9.17, 15) is 4.79 Å². The maximum Gasteiger partial charge on any atom is 0.330 e. The standard InChI is InChI=1S/C7H8BrN3O/c8-5-3-1-2-4-6(5)10-11-7(9)12/h1-4,10H,(H3,9,11,12). The molecule has 0 atom stereocenters. The average molecular weight is 230 g/mol. The number of halogens is 1. The van der Waals surface area contributed by atoms with Gasteiger partial charge in [0.15, 0.2) is 0 Å². The van der Waals surface area contributed by atoms with Crippen molar-refractivity contribution in [3.05, 3.63) is 28.7 Å². The molecule has 0 unspecified atom stereocenters. The Balaban J connectivity index is 2.63. The maximum absolute atomic E-state index is 10.3. The van der Waals surface area contributed by atoms with Gasteiger partial charge in [0.25, 0.3) is 0 Å². The summed E-state index contributed by atoms with van der Waals surface area (Å²) < 4.78 is 0.860. The van der Waals surface area contributed by atoms with E-state index in [0.29, 0.717) is 0 Å². The van der Waals surface area contributed by atoms with Gasteiger partial charge < -0.3 is 5.73 Å². The lowest BCUT2D eigenvalue weighted by Crippen LogP contribution is -2.34. The molecule has 1 aromatic carbocycles. The molecule has 1 rings (SSSR count). The summed E-state index contributed by atoms with van der Waals surface area (Å²) in [6.45, 7) is 0. The van der Waals surface area contributed by atoms with E-state index in [2.05, 4.69) is 26.8 Å². The van der Waals surface area contributed by atoms with Crippen molar-refractivity contribution in [3.8, 4) is 0 Å². The summed E-state index contributed by atoms with van der Waals surface area (Å²) in [7, 11) is 0. The van der Waals surface area contributed by atoms with Crippen LogP contribution in [0.25, 0.3) is 0 Å². The van der Waals surface area contributed by atoms with Crippen LogP contribution < -0.4 is 16.6 Å². The van der Waals surface area contributed by atoms with Crippen molar-refractivity contribution in [1.82, 2.24) is 5.43 Å². The number of amides is 2. The quantitative estimate of drug-likeness (QED) is 0.673. The van der Waals surface area contributed by atoms with Gasteiger partial charge in [-0.2, -0.15) is 0 Å². The van der Waals surface area contributed by atoms with Crippen molar-refractivity contribution >= 4 is 27.6 Å². The van der Waals surface area contributed by atoms with Crippen LogP contribution in [0.2, 0.25) is 0 Å². The van der Waals surface area contributed by atoms with Gasteiger partial charge in [-0.1, -0.05) is 12.1 Å². The Labute approximate surface area is 78.2 Å². The number of benzene rings is 1. The third-order valence-corrected chi connectivity index (χ3v) is 1.89. The first-order valence-corrected chi connectivity index (χ1v) is 4.05. The number of primary amides is 1. The molecule has 0 bridgehead atoms. The first-order valence-electron chi connectivity index (χ1n) is 3.26. The van der Waals surface area contributed by atoms with Crippen LogP contribution in [-0.4, -0.2) is 6.03 Å². The summed E-state index contributed by atoms with van der Waals surface area (Å²) in [6, 6.07) is 6.76. The van der Waals surface area contributed by atoms with E-state index in [1.54, 1.807) is 6.07 Å². The van der Waals surface area contributed by atoms with Gasteiger partial charge in [0.1, 0.15) is 0 Å². The highest BCUT2D eigenvalue weighted by Gasteiger charge is 1.96. The Morgan fingerprint density at radius 1 is 1.42 bits per heavy atom. The number of para-hydroxylation sites is 1. The SMILES string of the molecule is NC(=O)NNc1ccccc1Br. The van der Waals surface area contributed by atoms with Crippen LogP contribution in [-0.2, 0) is 0 Å². The minimum Gasteiger partial charge on any atom is -0.350 e. The van der Waals surface area contributed by atoms with Crippen molar-refractivity contribution in [2.75, 3.05) is 5.43 Å². The molecule has 0 fully saturated rings. The van der Waals surface area contributed by atoms with Crippen LogP contribution in [0.3, 0.4) is 0 Å². The Hall–Kier alpha value is -1.23. The summed E-state index contributed by atoms with van der Waals surface area (Å²) in [5.74, 6) is 0. The lowest BCUT2D eigenvalue weighted by Gasteiger charge is -2.06. The lowest BCUT2D eigenvalue weighted by molar-refractivity contribution is 0.250. The minimum atomic E-state index is -0.620. The number of carbonyl (C=O) groups is 1. The highest BCUT2D eigenvalue weighted by Crippen LogP contribution is 2.19. The van der Waals surface area contributed by atoms with Crippen LogP contribution in [0.15, 0.2) is 28.7 Å². The van der Waals surface area contributed by atoms with Gasteiger partial charge in [-0.3, -0.25) is 10.9 Å². The first-order chi connectivity index (χ1) is 5.70. The van der Waals surface area contributed by atoms with Gasteiger partial charge in [0.05, 0.1) is 5.69 Å². The molecular formula is C7H8BrN3O. The molecule has 1 aromatic rings. The molecule has 0 saturated carbocycles. The molecule has 0 saturated heterocycles. The first kappa shape index (κ1) is 8.86. The van der Waals surface area contributed by atoms with E-state index in [1.807, 2.05) is 18.2 Å². The van der Waals surface area contributed by atoms with E-state index < -0.39 is 6.03 Å². The van der Waals surface area contributed by atoms with Gasteiger partial charge >= 0.3 is 6.03 Å². The molecule has 5 heteroatoms. The zero-order chi connectivity index (χ0) is 8.97. The van der Waals surface area contributed by atoms with Gasteiger partial charge in [-0.15, -0.1) is 0 Å². The number of hydrogen-bond acceptors (Lipinski definition) is 2. The minimum absolute atomic E-state index is 0.620. The Kier molecular flexibility index (Phi) is 2.93. The fourth-order valence-corrected chi connectivity index (χ4v) is 1.08. The van der Waals surface area contributed by atoms with Gasteiger partial charge in [0.2, 0.25) is 0 Å². The number of hydrazine groups is 1. The largest absolute Gasteiger partial charge is 0.350 e. The number of anilines is 1. The lowest BCUT2D eigenvalue weighted by atomic mass is 10.3. The zero-order valence-electron chi connectivity index (χ0n) is 6.17. The third kappa shape index (κ3) is 2.43. The number of nitrogens with one attached hydrogen (secondary N) is 2. The number of hydrogen-bond donors (Lipinski definition) is 3. The zero-order valence-corrected chi connectivity index (χ0v) is 7.76. The van der Waals surface area contributed by atoms with Crippen LogP contribution in [0.5, 0.6) is 0 Å². The molecule has 0 aromatic heterocycles. The predicted octanol–water partition coefficient (Wildman–Crippen LogP) is 1.44. The monoisotopic (exact) mass is 229 g/mol. The van der Waals surface area contributed by atoms with Crippen LogP contribution in [0, 0.1) is 0 Å². The highest BCUT2D eigenvalue weighted by atomic mass is 79.9. The fraction of sp³-hybridized carbons (Fsp3) is 0. The number of rotatable bonds is 2. The molecule has 0 heterocycles. The van der Waals surface area contributed by atoms with Crippen LogP contribution in [0.1, 0.15) is 0 Å². The molecule has 2 amide bonds. The van der Waals surface area contributed by atoms with E-state index in [4.69, 9.17) is 5.73 Å². The van der Waals surface area contributed by atoms with Gasteiger partial charge in [0, 0.05) is 4.47 Å². The summed E-state index contributed by atoms with van der Waals surface area (Å²) >= 11 is 3.29. The van der Waals surface area contributed by atoms with Crippen molar-refractivity contribution in [2.24, 2.45) is 5.73 Å². The van der Waals surface area contributed by atoms with E-state index in [0.717, 1.165) is 10.2 Å². The van der Waals surface area contributed by atoms with Gasteiger partial charge in [-0.05, 0) is 28.1 Å². The Morgan fingerprint density at radius 2 is 2.08 bits per heavy atom. The summed E-state index contributed by atoms with van der Waals surface area (Å²) in [5.41, 5.74) is 10.5. The van der Waals surface area contributed by atoms with Crippen molar-refractivity contribution in [2.45, 2.75) is 0 Å². The molecule has 0 spiro atoms. The van der Waals surface area contributed by atoms with E-state index in [-0.39, 0.29) is 0 Å². The third-order valence-electron chi connectivity index (χ3n) is 1.19. The molecule has 4 N–H and O–H groups in total. The number of nitrogens with two attached hydrogens (primary N) is 1. The smallest absolute Gasteiger partial charge is 0.330 e. The normalized spacial score (nSPS) is 9.08. The second-order valence-electron chi connectivity index (χ2n) is 2.09. The summed E-state index contributed by atoms with van der Waals surface area (Å²) in [5, 5.41) is 0. The summed E-state index contributed by atoms with van der Waals surface area (Å²) in [4.78, 5) is 10.3. The molecule has 4 nitrogen and oxygen atoms in total. The molecule has 12 heavy (non-hydrogen) atoms. The topological polar surface area (TPSA) is 67.2 Å².